The lowest BCUT2D eigenvalue weighted by atomic mass is 9.98. The second kappa shape index (κ2) is 8.15. The zero-order chi connectivity index (χ0) is 18.5. The summed E-state index contributed by atoms with van der Waals surface area (Å²) in [5.41, 5.74) is 2.78. The molecule has 0 fully saturated rings. The van der Waals surface area contributed by atoms with E-state index < -0.39 is 5.97 Å². The van der Waals surface area contributed by atoms with Gasteiger partial charge in [-0.1, -0.05) is 54.1 Å². The molecule has 1 amide bonds. The molecule has 0 bridgehead atoms. The van der Waals surface area contributed by atoms with Crippen molar-refractivity contribution in [3.05, 3.63) is 70.7 Å². The Morgan fingerprint density at radius 2 is 1.77 bits per heavy atom. The molecule has 0 radical (unpaired) electrons. The minimum atomic E-state index is -0.901. The van der Waals surface area contributed by atoms with Gasteiger partial charge >= 0.3 is 5.97 Å². The van der Waals surface area contributed by atoms with E-state index in [9.17, 15) is 9.59 Å². The minimum absolute atomic E-state index is 0.0273. The van der Waals surface area contributed by atoms with Crippen LogP contribution in [-0.4, -0.2) is 27.7 Å². The summed E-state index contributed by atoms with van der Waals surface area (Å²) in [6.45, 7) is 0. The number of carbonyl (C=O) groups is 2. The van der Waals surface area contributed by atoms with E-state index in [1.165, 1.54) is 5.01 Å². The molecule has 0 spiro atoms. The quantitative estimate of drug-likeness (QED) is 0.825. The first-order chi connectivity index (χ1) is 12.5. The van der Waals surface area contributed by atoms with Gasteiger partial charge in [-0.2, -0.15) is 5.10 Å². The molecular formula is C20H19ClN2O3. The lowest BCUT2D eigenvalue weighted by molar-refractivity contribution is -0.137. The predicted octanol–water partition coefficient (Wildman–Crippen LogP) is 4.27. The monoisotopic (exact) mass is 370 g/mol. The van der Waals surface area contributed by atoms with Crippen LogP contribution in [0.2, 0.25) is 5.02 Å². The highest BCUT2D eigenvalue weighted by Gasteiger charge is 2.32. The molecule has 2 aromatic rings. The molecule has 1 aliphatic rings. The van der Waals surface area contributed by atoms with E-state index in [1.807, 2.05) is 42.5 Å². The maximum atomic E-state index is 12.7. The van der Waals surface area contributed by atoms with E-state index in [0.717, 1.165) is 16.8 Å². The molecule has 26 heavy (non-hydrogen) atoms. The minimum Gasteiger partial charge on any atom is -0.481 e. The normalized spacial score (nSPS) is 16.4. The number of carboxylic acid groups (broad SMARTS) is 1. The van der Waals surface area contributed by atoms with Gasteiger partial charge in [0.25, 0.3) is 0 Å². The lowest BCUT2D eigenvalue weighted by Crippen LogP contribution is -2.27. The number of rotatable bonds is 6. The van der Waals surface area contributed by atoms with Gasteiger partial charge in [0.2, 0.25) is 5.91 Å². The second-order valence-corrected chi connectivity index (χ2v) is 6.61. The predicted molar refractivity (Wildman–Crippen MR) is 100 cm³/mol. The number of benzene rings is 2. The standard InChI is InChI=1S/C20H19ClN2O3/c21-16-11-9-15(10-12-16)18-13-17(14-5-2-1-3-6-14)22-23(18)19(24)7-4-8-20(25)26/h1-3,5-6,9-12,18H,4,7-8,13H2,(H,25,26)/t18-/m0/s1. The molecule has 2 aromatic carbocycles. The Morgan fingerprint density at radius 1 is 1.08 bits per heavy atom. The number of hydrazone groups is 1. The van der Waals surface area contributed by atoms with Crippen LogP contribution in [0.15, 0.2) is 59.7 Å². The van der Waals surface area contributed by atoms with Crippen LogP contribution in [0.3, 0.4) is 0 Å². The maximum absolute atomic E-state index is 12.7. The third-order valence-corrected chi connectivity index (χ3v) is 4.56. The highest BCUT2D eigenvalue weighted by molar-refractivity contribution is 6.30. The molecule has 134 valence electrons. The van der Waals surface area contributed by atoms with Crippen LogP contribution < -0.4 is 0 Å². The average Bonchev–Trinajstić information content (AvgIpc) is 3.08. The van der Waals surface area contributed by atoms with E-state index in [2.05, 4.69) is 5.10 Å². The van der Waals surface area contributed by atoms with E-state index in [0.29, 0.717) is 17.9 Å². The van der Waals surface area contributed by atoms with Gasteiger partial charge in [0, 0.05) is 24.3 Å². The molecule has 3 rings (SSSR count). The van der Waals surface area contributed by atoms with Crippen LogP contribution in [0.25, 0.3) is 0 Å². The summed E-state index contributed by atoms with van der Waals surface area (Å²) in [5.74, 6) is -1.07. The first-order valence-corrected chi connectivity index (χ1v) is 8.84. The molecule has 1 heterocycles. The maximum Gasteiger partial charge on any atom is 0.303 e. The van der Waals surface area contributed by atoms with Crippen LogP contribution in [0.1, 0.15) is 42.9 Å². The third kappa shape index (κ3) is 4.29. The summed E-state index contributed by atoms with van der Waals surface area (Å²) >= 11 is 5.98. The van der Waals surface area contributed by atoms with Crippen molar-refractivity contribution < 1.29 is 14.7 Å². The van der Waals surface area contributed by atoms with Gasteiger partial charge in [0.1, 0.15) is 0 Å². The third-order valence-electron chi connectivity index (χ3n) is 4.31. The summed E-state index contributed by atoms with van der Waals surface area (Å²) < 4.78 is 0. The zero-order valence-electron chi connectivity index (χ0n) is 14.1. The average molecular weight is 371 g/mol. The van der Waals surface area contributed by atoms with Crippen LogP contribution >= 0.6 is 11.6 Å². The van der Waals surface area contributed by atoms with Crippen molar-refractivity contribution in [1.29, 1.82) is 0 Å². The van der Waals surface area contributed by atoms with Crippen LogP contribution in [0.4, 0.5) is 0 Å². The molecule has 0 aromatic heterocycles. The molecule has 1 N–H and O–H groups in total. The number of carbonyl (C=O) groups excluding carboxylic acids is 1. The summed E-state index contributed by atoms with van der Waals surface area (Å²) in [4.78, 5) is 23.3. The Morgan fingerprint density at radius 3 is 2.42 bits per heavy atom. The molecule has 1 atom stereocenters. The topological polar surface area (TPSA) is 70.0 Å². The Labute approximate surface area is 156 Å². The Bertz CT molecular complexity index is 819. The fraction of sp³-hybridized carbons (Fsp3) is 0.250. The number of carboxylic acids is 1. The van der Waals surface area contributed by atoms with Gasteiger partial charge in [-0.05, 0) is 29.7 Å². The van der Waals surface area contributed by atoms with E-state index >= 15 is 0 Å². The van der Waals surface area contributed by atoms with E-state index in [1.54, 1.807) is 12.1 Å². The van der Waals surface area contributed by atoms with Crippen molar-refractivity contribution in [2.24, 2.45) is 5.10 Å². The number of amides is 1. The highest BCUT2D eigenvalue weighted by Crippen LogP contribution is 2.33. The number of hydrogen-bond acceptors (Lipinski definition) is 3. The van der Waals surface area contributed by atoms with Crippen molar-refractivity contribution in [3.8, 4) is 0 Å². The summed E-state index contributed by atoms with van der Waals surface area (Å²) in [7, 11) is 0. The van der Waals surface area contributed by atoms with Crippen LogP contribution in [0, 0.1) is 0 Å². The van der Waals surface area contributed by atoms with Crippen molar-refractivity contribution in [1.82, 2.24) is 5.01 Å². The SMILES string of the molecule is O=C(O)CCCC(=O)N1N=C(c2ccccc2)C[C@H]1c1ccc(Cl)cc1. The summed E-state index contributed by atoms with van der Waals surface area (Å²) in [6.07, 6.45) is 1.03. The number of nitrogens with zero attached hydrogens (tertiary/aromatic N) is 2. The molecule has 1 aliphatic heterocycles. The number of hydrogen-bond donors (Lipinski definition) is 1. The van der Waals surface area contributed by atoms with Gasteiger partial charge in [0.05, 0.1) is 11.8 Å². The van der Waals surface area contributed by atoms with Gasteiger partial charge in [0.15, 0.2) is 0 Å². The molecular weight excluding hydrogens is 352 g/mol. The second-order valence-electron chi connectivity index (χ2n) is 6.17. The Hall–Kier alpha value is -2.66. The highest BCUT2D eigenvalue weighted by atomic mass is 35.5. The summed E-state index contributed by atoms with van der Waals surface area (Å²) in [6, 6.07) is 16.9. The summed E-state index contributed by atoms with van der Waals surface area (Å²) in [5, 5.41) is 15.5. The van der Waals surface area contributed by atoms with Gasteiger partial charge < -0.3 is 5.11 Å². The first kappa shape index (κ1) is 18.1. The van der Waals surface area contributed by atoms with Gasteiger partial charge in [-0.15, -0.1) is 0 Å². The molecule has 0 aliphatic carbocycles. The van der Waals surface area contributed by atoms with Crippen LogP contribution in [-0.2, 0) is 9.59 Å². The lowest BCUT2D eigenvalue weighted by Gasteiger charge is -2.22. The van der Waals surface area contributed by atoms with Crippen LogP contribution in [0.5, 0.6) is 0 Å². The Balaban J connectivity index is 1.83. The molecule has 6 heteroatoms. The van der Waals surface area contributed by atoms with E-state index in [4.69, 9.17) is 16.7 Å². The van der Waals surface area contributed by atoms with Crippen molar-refractivity contribution in [2.45, 2.75) is 31.7 Å². The first-order valence-electron chi connectivity index (χ1n) is 8.47. The fourth-order valence-electron chi connectivity index (χ4n) is 3.00. The molecule has 0 unspecified atom stereocenters. The van der Waals surface area contributed by atoms with Crippen molar-refractivity contribution in [3.63, 3.8) is 0 Å². The Kier molecular flexibility index (Phi) is 5.68. The van der Waals surface area contributed by atoms with Crippen molar-refractivity contribution in [2.75, 3.05) is 0 Å². The smallest absolute Gasteiger partial charge is 0.303 e. The largest absolute Gasteiger partial charge is 0.481 e. The van der Waals surface area contributed by atoms with Gasteiger partial charge in [-0.3, -0.25) is 9.59 Å². The van der Waals surface area contributed by atoms with E-state index in [-0.39, 0.29) is 24.8 Å². The van der Waals surface area contributed by atoms with Crippen molar-refractivity contribution >= 4 is 29.2 Å². The molecule has 5 nitrogen and oxygen atoms in total. The molecule has 0 saturated heterocycles. The fourth-order valence-corrected chi connectivity index (χ4v) is 3.12. The molecule has 0 saturated carbocycles. The number of halogens is 1. The van der Waals surface area contributed by atoms with Gasteiger partial charge in [-0.25, -0.2) is 5.01 Å². The number of aliphatic carboxylic acids is 1. The zero-order valence-corrected chi connectivity index (χ0v) is 14.9.